The van der Waals surface area contributed by atoms with Crippen LogP contribution in [-0.4, -0.2) is 38.6 Å². The molecular weight excluding hydrogens is 220 g/mol. The van der Waals surface area contributed by atoms with Gasteiger partial charge in [0, 0.05) is 18.8 Å². The molecule has 0 atom stereocenters. The molecule has 0 spiro atoms. The van der Waals surface area contributed by atoms with Crippen LogP contribution in [0.1, 0.15) is 5.82 Å². The first-order chi connectivity index (χ1) is 8.28. The van der Waals surface area contributed by atoms with Crippen LogP contribution in [0.5, 0.6) is 5.88 Å². The van der Waals surface area contributed by atoms with Crippen molar-refractivity contribution in [1.29, 1.82) is 0 Å². The smallest absolute Gasteiger partial charge is 0.218 e. The van der Waals surface area contributed by atoms with Crippen molar-refractivity contribution in [2.24, 2.45) is 0 Å². The van der Waals surface area contributed by atoms with Crippen molar-refractivity contribution in [3.05, 3.63) is 24.3 Å². The highest BCUT2D eigenvalue weighted by Crippen LogP contribution is 2.12. The summed E-state index contributed by atoms with van der Waals surface area (Å²) in [5, 5.41) is 10.8. The Balaban J connectivity index is 1.92. The standard InChI is InChI=1S/C10H14N6O/c1-8-13-9(7-10(14-8)17-2)11-3-5-16-6-4-12-15-16/h4,6-7H,3,5H2,1-2H3,(H,11,13,14). The van der Waals surface area contributed by atoms with Gasteiger partial charge in [0.25, 0.3) is 0 Å². The number of anilines is 1. The largest absolute Gasteiger partial charge is 0.481 e. The van der Waals surface area contributed by atoms with Crippen LogP contribution >= 0.6 is 0 Å². The zero-order valence-corrected chi connectivity index (χ0v) is 9.79. The average molecular weight is 234 g/mol. The fourth-order valence-electron chi connectivity index (χ4n) is 1.39. The second kappa shape index (κ2) is 5.24. The molecule has 0 saturated heterocycles. The molecule has 2 rings (SSSR count). The molecule has 0 aliphatic carbocycles. The van der Waals surface area contributed by atoms with E-state index in [2.05, 4.69) is 25.6 Å². The number of nitrogens with one attached hydrogen (secondary N) is 1. The van der Waals surface area contributed by atoms with Gasteiger partial charge in [-0.1, -0.05) is 5.21 Å². The minimum absolute atomic E-state index is 0.556. The van der Waals surface area contributed by atoms with Crippen molar-refractivity contribution in [1.82, 2.24) is 25.0 Å². The van der Waals surface area contributed by atoms with E-state index in [4.69, 9.17) is 4.74 Å². The van der Waals surface area contributed by atoms with Crippen LogP contribution < -0.4 is 10.1 Å². The van der Waals surface area contributed by atoms with Crippen molar-refractivity contribution >= 4 is 5.82 Å². The molecule has 0 aromatic carbocycles. The molecule has 0 radical (unpaired) electrons. The van der Waals surface area contributed by atoms with Gasteiger partial charge in [-0.15, -0.1) is 5.10 Å². The lowest BCUT2D eigenvalue weighted by Gasteiger charge is -2.07. The predicted molar refractivity (Wildman–Crippen MR) is 61.8 cm³/mol. The molecule has 0 amide bonds. The highest BCUT2D eigenvalue weighted by Gasteiger charge is 2.01. The van der Waals surface area contributed by atoms with Crippen molar-refractivity contribution < 1.29 is 4.74 Å². The Morgan fingerprint density at radius 3 is 3.00 bits per heavy atom. The van der Waals surface area contributed by atoms with Gasteiger partial charge in [0.2, 0.25) is 5.88 Å². The maximum Gasteiger partial charge on any atom is 0.218 e. The summed E-state index contributed by atoms with van der Waals surface area (Å²) in [6.45, 7) is 3.26. The van der Waals surface area contributed by atoms with Gasteiger partial charge in [-0.3, -0.25) is 4.68 Å². The second-order valence-electron chi connectivity index (χ2n) is 3.44. The van der Waals surface area contributed by atoms with E-state index < -0.39 is 0 Å². The molecule has 17 heavy (non-hydrogen) atoms. The molecule has 0 fully saturated rings. The maximum absolute atomic E-state index is 5.07. The number of nitrogens with zero attached hydrogens (tertiary/aromatic N) is 5. The molecule has 0 aliphatic rings. The summed E-state index contributed by atoms with van der Waals surface area (Å²) in [6, 6.07) is 1.76. The van der Waals surface area contributed by atoms with E-state index in [-0.39, 0.29) is 0 Å². The summed E-state index contributed by atoms with van der Waals surface area (Å²) in [5.74, 6) is 1.97. The van der Waals surface area contributed by atoms with E-state index in [1.54, 1.807) is 24.1 Å². The first-order valence-corrected chi connectivity index (χ1v) is 5.25. The van der Waals surface area contributed by atoms with Crippen LogP contribution in [0.3, 0.4) is 0 Å². The van der Waals surface area contributed by atoms with Crippen molar-refractivity contribution in [2.45, 2.75) is 13.5 Å². The van der Waals surface area contributed by atoms with Crippen LogP contribution in [0.25, 0.3) is 0 Å². The molecule has 0 saturated carbocycles. The summed E-state index contributed by atoms with van der Waals surface area (Å²) in [7, 11) is 1.58. The summed E-state index contributed by atoms with van der Waals surface area (Å²) in [5.41, 5.74) is 0. The Morgan fingerprint density at radius 1 is 1.41 bits per heavy atom. The van der Waals surface area contributed by atoms with Gasteiger partial charge < -0.3 is 10.1 Å². The summed E-state index contributed by atoms with van der Waals surface area (Å²) in [6.07, 6.45) is 3.46. The van der Waals surface area contributed by atoms with Crippen LogP contribution in [0.2, 0.25) is 0 Å². The summed E-state index contributed by atoms with van der Waals surface area (Å²) < 4.78 is 6.82. The Morgan fingerprint density at radius 2 is 2.29 bits per heavy atom. The molecule has 0 bridgehead atoms. The Bertz CT molecular complexity index is 470. The monoisotopic (exact) mass is 234 g/mol. The van der Waals surface area contributed by atoms with Gasteiger partial charge in [0.05, 0.1) is 19.9 Å². The highest BCUT2D eigenvalue weighted by atomic mass is 16.5. The second-order valence-corrected chi connectivity index (χ2v) is 3.44. The molecule has 7 heteroatoms. The molecule has 0 unspecified atom stereocenters. The summed E-state index contributed by atoms with van der Waals surface area (Å²) >= 11 is 0. The van der Waals surface area contributed by atoms with Gasteiger partial charge in [0.15, 0.2) is 0 Å². The van der Waals surface area contributed by atoms with Gasteiger partial charge in [-0.05, 0) is 6.92 Å². The quantitative estimate of drug-likeness (QED) is 0.811. The number of aromatic nitrogens is 5. The minimum Gasteiger partial charge on any atom is -0.481 e. The molecular formula is C10H14N6O. The summed E-state index contributed by atoms with van der Waals surface area (Å²) in [4.78, 5) is 8.36. The Labute approximate surface area is 98.8 Å². The first kappa shape index (κ1) is 11.3. The van der Waals surface area contributed by atoms with E-state index in [0.717, 1.165) is 12.4 Å². The van der Waals surface area contributed by atoms with Crippen LogP contribution in [0.15, 0.2) is 18.5 Å². The maximum atomic E-state index is 5.07. The number of ether oxygens (including phenoxy) is 1. The zero-order chi connectivity index (χ0) is 12.1. The fourth-order valence-corrected chi connectivity index (χ4v) is 1.39. The average Bonchev–Trinajstić information content (AvgIpc) is 2.81. The molecule has 0 aliphatic heterocycles. The highest BCUT2D eigenvalue weighted by molar-refractivity contribution is 5.38. The van der Waals surface area contributed by atoms with Crippen molar-refractivity contribution in [2.75, 3.05) is 19.0 Å². The number of methoxy groups -OCH3 is 1. The van der Waals surface area contributed by atoms with Crippen molar-refractivity contribution in [3.63, 3.8) is 0 Å². The molecule has 2 aromatic heterocycles. The topological polar surface area (TPSA) is 77.8 Å². The van der Waals surface area contributed by atoms with Crippen LogP contribution in [0.4, 0.5) is 5.82 Å². The number of hydrogen-bond donors (Lipinski definition) is 1. The Kier molecular flexibility index (Phi) is 3.49. The fraction of sp³-hybridized carbons (Fsp3) is 0.400. The first-order valence-electron chi connectivity index (χ1n) is 5.25. The van der Waals surface area contributed by atoms with E-state index in [0.29, 0.717) is 18.2 Å². The lowest BCUT2D eigenvalue weighted by Crippen LogP contribution is -2.12. The van der Waals surface area contributed by atoms with E-state index in [9.17, 15) is 0 Å². The molecule has 90 valence electrons. The minimum atomic E-state index is 0.556. The van der Waals surface area contributed by atoms with Gasteiger partial charge in [-0.25, -0.2) is 4.98 Å². The lowest BCUT2D eigenvalue weighted by molar-refractivity contribution is 0.396. The number of rotatable bonds is 5. The zero-order valence-electron chi connectivity index (χ0n) is 9.79. The van der Waals surface area contributed by atoms with Gasteiger partial charge in [0.1, 0.15) is 11.6 Å². The number of aryl methyl sites for hydroxylation is 1. The SMILES string of the molecule is COc1cc(NCCn2ccnn2)nc(C)n1. The molecule has 1 N–H and O–H groups in total. The number of hydrogen-bond acceptors (Lipinski definition) is 6. The third kappa shape index (κ3) is 3.13. The molecule has 2 aromatic rings. The van der Waals surface area contributed by atoms with E-state index >= 15 is 0 Å². The van der Waals surface area contributed by atoms with Crippen LogP contribution in [0, 0.1) is 6.92 Å². The van der Waals surface area contributed by atoms with Crippen molar-refractivity contribution in [3.8, 4) is 5.88 Å². The normalized spacial score (nSPS) is 10.2. The van der Waals surface area contributed by atoms with Crippen LogP contribution in [-0.2, 0) is 6.54 Å². The third-order valence-electron chi connectivity index (χ3n) is 2.14. The molecule has 2 heterocycles. The third-order valence-corrected chi connectivity index (χ3v) is 2.14. The van der Waals surface area contributed by atoms with Gasteiger partial charge >= 0.3 is 0 Å². The predicted octanol–water partition coefficient (Wildman–Crippen LogP) is 0.497. The van der Waals surface area contributed by atoms with E-state index in [1.807, 2.05) is 13.1 Å². The van der Waals surface area contributed by atoms with Gasteiger partial charge in [-0.2, -0.15) is 4.98 Å². The Hall–Kier alpha value is -2.18. The molecule has 7 nitrogen and oxygen atoms in total. The lowest BCUT2D eigenvalue weighted by atomic mass is 10.5. The van der Waals surface area contributed by atoms with E-state index in [1.165, 1.54) is 0 Å².